The predicted molar refractivity (Wildman–Crippen MR) is 137 cm³/mol. The molecule has 4 aliphatic carbocycles. The molecule has 3 fully saturated rings. The number of ether oxygens (including phenoxy) is 1. The van der Waals surface area contributed by atoms with Gasteiger partial charge in [-0.25, -0.2) is 0 Å². The number of allylic oxidation sites excluding steroid dienone is 1. The first-order valence-corrected chi connectivity index (χ1v) is 14.1. The van der Waals surface area contributed by atoms with E-state index in [2.05, 4.69) is 50.7 Å². The van der Waals surface area contributed by atoms with E-state index < -0.39 is 0 Å². The van der Waals surface area contributed by atoms with Crippen LogP contribution in [0.2, 0.25) is 0 Å². The molecule has 0 aromatic carbocycles. The summed E-state index contributed by atoms with van der Waals surface area (Å²) in [5.74, 6) is 5.37. The van der Waals surface area contributed by atoms with Crippen molar-refractivity contribution >= 4 is 0 Å². The summed E-state index contributed by atoms with van der Waals surface area (Å²) in [5, 5.41) is 3.63. The molecule has 0 N–H and O–H groups in total. The molecule has 186 valence electrons. The molecule has 0 heterocycles. The molecule has 0 amide bonds. The van der Waals surface area contributed by atoms with E-state index in [-0.39, 0.29) is 0 Å². The Bertz CT molecular complexity index is 756. The van der Waals surface area contributed by atoms with Gasteiger partial charge in [0.1, 0.15) is 0 Å². The summed E-state index contributed by atoms with van der Waals surface area (Å²) in [4.78, 5) is 2.84. The highest BCUT2D eigenvalue weighted by molar-refractivity contribution is 5.25. The Kier molecular flexibility index (Phi) is 7.86. The van der Waals surface area contributed by atoms with Crippen LogP contribution in [0, 0.1) is 46.3 Å². The van der Waals surface area contributed by atoms with Gasteiger partial charge in [-0.3, -0.25) is 0 Å². The molecule has 33 heavy (non-hydrogen) atoms. The van der Waals surface area contributed by atoms with E-state index in [0.717, 1.165) is 48.3 Å². The summed E-state index contributed by atoms with van der Waals surface area (Å²) in [6.45, 7) is 13.6. The predicted octanol–water partition coefficient (Wildman–Crippen LogP) is 8.72. The molecule has 8 atom stereocenters. The van der Waals surface area contributed by atoms with Crippen molar-refractivity contribution in [1.82, 2.24) is 0 Å². The van der Waals surface area contributed by atoms with Crippen molar-refractivity contribution in [1.29, 1.82) is 0 Å². The second kappa shape index (κ2) is 10.3. The molecule has 0 aromatic rings. The fourth-order valence-corrected chi connectivity index (χ4v) is 9.10. The smallest absolute Gasteiger partial charge is 0.0612 e. The summed E-state index contributed by atoms with van der Waals surface area (Å²) in [7, 11) is 0. The lowest BCUT2D eigenvalue weighted by Crippen LogP contribution is -2.51. The number of azide groups is 1. The van der Waals surface area contributed by atoms with Crippen molar-refractivity contribution in [3.05, 3.63) is 22.1 Å². The van der Waals surface area contributed by atoms with Gasteiger partial charge in [0.15, 0.2) is 0 Å². The van der Waals surface area contributed by atoms with E-state index in [1.807, 2.05) is 0 Å². The minimum atomic E-state index is 0.311. The molecular weight excluding hydrogens is 406 g/mol. The SMILES string of the molecule is CC(C)CCC[C@@H](C)[C@H]1CC[C@H]2[C@@H]3CC=C4C[C@@H](OCCN=[N+]=[N-])CC[C@]4(C)[C@H]3CC[C@]12C. The highest BCUT2D eigenvalue weighted by Gasteiger charge is 2.59. The van der Waals surface area contributed by atoms with Gasteiger partial charge in [-0.15, -0.1) is 0 Å². The molecule has 0 aliphatic heterocycles. The first-order chi connectivity index (χ1) is 15.8. The van der Waals surface area contributed by atoms with Crippen molar-refractivity contribution in [2.24, 2.45) is 51.5 Å². The monoisotopic (exact) mass is 455 g/mol. The van der Waals surface area contributed by atoms with Crippen LogP contribution in [0.15, 0.2) is 16.8 Å². The normalized spacial score (nSPS) is 40.9. The first-order valence-electron chi connectivity index (χ1n) is 14.1. The van der Waals surface area contributed by atoms with Crippen molar-refractivity contribution < 1.29 is 4.74 Å². The zero-order chi connectivity index (χ0) is 23.6. The highest BCUT2D eigenvalue weighted by Crippen LogP contribution is 2.67. The second-order valence-corrected chi connectivity index (χ2v) is 13.0. The average molecular weight is 456 g/mol. The van der Waals surface area contributed by atoms with Gasteiger partial charge in [0, 0.05) is 11.5 Å². The molecule has 0 radical (unpaired) electrons. The molecule has 4 aliphatic rings. The van der Waals surface area contributed by atoms with E-state index in [4.69, 9.17) is 10.3 Å². The Hall–Kier alpha value is -0.990. The van der Waals surface area contributed by atoms with Crippen LogP contribution in [-0.2, 0) is 4.74 Å². The quantitative estimate of drug-likeness (QED) is 0.113. The zero-order valence-corrected chi connectivity index (χ0v) is 22.1. The van der Waals surface area contributed by atoms with Crippen LogP contribution in [0.5, 0.6) is 0 Å². The minimum Gasteiger partial charge on any atom is -0.378 e. The lowest BCUT2D eigenvalue weighted by molar-refractivity contribution is -0.0633. The van der Waals surface area contributed by atoms with Crippen LogP contribution in [0.3, 0.4) is 0 Å². The highest BCUT2D eigenvalue weighted by atomic mass is 16.5. The fourth-order valence-electron chi connectivity index (χ4n) is 9.10. The van der Waals surface area contributed by atoms with E-state index in [9.17, 15) is 0 Å². The van der Waals surface area contributed by atoms with E-state index in [1.165, 1.54) is 57.8 Å². The van der Waals surface area contributed by atoms with Crippen LogP contribution in [0.4, 0.5) is 0 Å². The molecular formula is C29H49N3O. The maximum atomic E-state index is 8.48. The van der Waals surface area contributed by atoms with E-state index >= 15 is 0 Å². The molecule has 3 saturated carbocycles. The van der Waals surface area contributed by atoms with Crippen molar-refractivity contribution in [2.45, 2.75) is 111 Å². The summed E-state index contributed by atoms with van der Waals surface area (Å²) < 4.78 is 6.08. The van der Waals surface area contributed by atoms with Crippen molar-refractivity contribution in [3.8, 4) is 0 Å². The molecule has 0 saturated heterocycles. The summed E-state index contributed by atoms with van der Waals surface area (Å²) in [5.41, 5.74) is 11.1. The molecule has 0 aromatic heterocycles. The van der Waals surface area contributed by atoms with Gasteiger partial charge in [-0.1, -0.05) is 70.6 Å². The Labute approximate surface area is 202 Å². The summed E-state index contributed by atoms with van der Waals surface area (Å²) >= 11 is 0. The largest absolute Gasteiger partial charge is 0.378 e. The lowest BCUT2D eigenvalue weighted by atomic mass is 9.47. The third-order valence-electron chi connectivity index (χ3n) is 10.9. The zero-order valence-electron chi connectivity index (χ0n) is 22.1. The molecule has 4 rings (SSSR count). The number of hydrogen-bond acceptors (Lipinski definition) is 2. The summed E-state index contributed by atoms with van der Waals surface area (Å²) in [6, 6.07) is 0. The van der Waals surface area contributed by atoms with Gasteiger partial charge in [0.05, 0.1) is 12.7 Å². The Morgan fingerprint density at radius 1 is 1.09 bits per heavy atom. The van der Waals surface area contributed by atoms with Gasteiger partial charge < -0.3 is 4.74 Å². The molecule has 0 spiro atoms. The molecule has 0 unspecified atom stereocenters. The Morgan fingerprint density at radius 2 is 1.91 bits per heavy atom. The molecule has 0 bridgehead atoms. The van der Waals surface area contributed by atoms with E-state index in [1.54, 1.807) is 5.57 Å². The third-order valence-corrected chi connectivity index (χ3v) is 10.9. The van der Waals surface area contributed by atoms with Gasteiger partial charge in [0.25, 0.3) is 0 Å². The maximum Gasteiger partial charge on any atom is 0.0612 e. The number of nitrogens with zero attached hydrogens (tertiary/aromatic N) is 3. The minimum absolute atomic E-state index is 0.311. The van der Waals surface area contributed by atoms with Gasteiger partial charge >= 0.3 is 0 Å². The van der Waals surface area contributed by atoms with Gasteiger partial charge in [0.2, 0.25) is 0 Å². The Morgan fingerprint density at radius 3 is 2.67 bits per heavy atom. The van der Waals surface area contributed by atoms with Crippen LogP contribution in [0.1, 0.15) is 105 Å². The fraction of sp³-hybridized carbons (Fsp3) is 0.931. The second-order valence-electron chi connectivity index (χ2n) is 13.0. The van der Waals surface area contributed by atoms with Gasteiger partial charge in [-0.2, -0.15) is 0 Å². The number of hydrogen-bond donors (Lipinski definition) is 0. The van der Waals surface area contributed by atoms with Gasteiger partial charge in [-0.05, 0) is 103 Å². The maximum absolute atomic E-state index is 8.48. The van der Waals surface area contributed by atoms with Crippen LogP contribution in [-0.4, -0.2) is 19.3 Å². The first kappa shape index (κ1) is 25.1. The number of fused-ring (bicyclic) bond motifs is 5. The topological polar surface area (TPSA) is 58.0 Å². The number of rotatable bonds is 9. The van der Waals surface area contributed by atoms with Crippen LogP contribution >= 0.6 is 0 Å². The van der Waals surface area contributed by atoms with E-state index in [0.29, 0.717) is 30.1 Å². The summed E-state index contributed by atoms with van der Waals surface area (Å²) in [6.07, 6.45) is 17.9. The standard InChI is InChI=1S/C29H49N3O/c1-20(2)7-6-8-21(3)25-11-12-26-24-10-9-22-19-23(33-18-17-31-32-30)13-15-28(22,4)27(24)14-16-29(25,26)5/h9,20-21,23-27H,6-8,10-19H2,1-5H3/t21-,23+,24+,25-,26+,27+,28+,29-/m1/s1. The molecule has 4 heteroatoms. The lowest BCUT2D eigenvalue weighted by Gasteiger charge is -2.58. The van der Waals surface area contributed by atoms with Crippen molar-refractivity contribution in [2.75, 3.05) is 13.2 Å². The molecule has 4 nitrogen and oxygen atoms in total. The Balaban J connectivity index is 1.41. The average Bonchev–Trinajstić information content (AvgIpc) is 3.14. The third kappa shape index (κ3) is 4.90. The van der Waals surface area contributed by atoms with Crippen LogP contribution in [0.25, 0.3) is 10.4 Å². The van der Waals surface area contributed by atoms with Crippen molar-refractivity contribution in [3.63, 3.8) is 0 Å². The van der Waals surface area contributed by atoms with Crippen LogP contribution < -0.4 is 0 Å².